The molecule has 186 valence electrons. The summed E-state index contributed by atoms with van der Waals surface area (Å²) in [6, 6.07) is 20.0. The first-order chi connectivity index (χ1) is 17.7. The predicted molar refractivity (Wildman–Crippen MR) is 145 cm³/mol. The minimum absolute atomic E-state index is 0.230. The summed E-state index contributed by atoms with van der Waals surface area (Å²) >= 11 is 6.55. The summed E-state index contributed by atoms with van der Waals surface area (Å²) in [5.74, 6) is -0.969. The highest BCUT2D eigenvalue weighted by Gasteiger charge is 2.17. The van der Waals surface area contributed by atoms with Crippen LogP contribution in [-0.4, -0.2) is 35.0 Å². The first-order valence-corrected chi connectivity index (χ1v) is 13.5. The molecule has 1 amide bonds. The van der Waals surface area contributed by atoms with E-state index in [-0.39, 0.29) is 28.9 Å². The maximum absolute atomic E-state index is 13.1. The zero-order valence-corrected chi connectivity index (χ0v) is 21.2. The Morgan fingerprint density at radius 3 is 2.57 bits per heavy atom. The molecule has 2 N–H and O–H groups in total. The van der Waals surface area contributed by atoms with Crippen LogP contribution in [0.5, 0.6) is 0 Å². The van der Waals surface area contributed by atoms with E-state index < -0.39 is 15.9 Å². The van der Waals surface area contributed by atoms with Crippen molar-refractivity contribution < 1.29 is 13.2 Å². The lowest BCUT2D eigenvalue weighted by Gasteiger charge is -2.13. The highest BCUT2D eigenvalue weighted by Crippen LogP contribution is 2.36. The van der Waals surface area contributed by atoms with E-state index in [0.717, 1.165) is 16.5 Å². The number of rotatable bonds is 6. The Labute approximate surface area is 217 Å². The van der Waals surface area contributed by atoms with Crippen molar-refractivity contribution in [3.8, 4) is 22.4 Å². The molecule has 0 unspecified atom stereocenters. The Morgan fingerprint density at radius 1 is 1.03 bits per heavy atom. The van der Waals surface area contributed by atoms with E-state index in [0.29, 0.717) is 27.2 Å². The molecular weight excluding hydrogens is 512 g/mol. The fourth-order valence-electron chi connectivity index (χ4n) is 4.11. The van der Waals surface area contributed by atoms with E-state index in [1.165, 1.54) is 13.0 Å². The van der Waals surface area contributed by atoms with Crippen molar-refractivity contribution in [2.24, 2.45) is 0 Å². The summed E-state index contributed by atoms with van der Waals surface area (Å²) in [4.78, 5) is 37.5. The van der Waals surface area contributed by atoms with Gasteiger partial charge in [0.15, 0.2) is 5.43 Å². The molecule has 0 saturated carbocycles. The molecule has 10 heteroatoms. The third-order valence-electron chi connectivity index (χ3n) is 5.89. The van der Waals surface area contributed by atoms with Gasteiger partial charge in [0.2, 0.25) is 15.9 Å². The second kappa shape index (κ2) is 9.76. The monoisotopic (exact) mass is 532 g/mol. The van der Waals surface area contributed by atoms with Gasteiger partial charge >= 0.3 is 0 Å². The third kappa shape index (κ3) is 5.09. The minimum Gasteiger partial charge on any atom is -0.343 e. The molecule has 37 heavy (non-hydrogen) atoms. The first kappa shape index (κ1) is 24.6. The van der Waals surface area contributed by atoms with Crippen LogP contribution in [-0.2, 0) is 21.2 Å². The van der Waals surface area contributed by atoms with Crippen molar-refractivity contribution in [3.63, 3.8) is 0 Å². The lowest BCUT2D eigenvalue weighted by atomic mass is 9.96. The van der Waals surface area contributed by atoms with Crippen molar-refractivity contribution in [1.82, 2.24) is 19.7 Å². The number of carbonyl (C=O) groups is 1. The summed E-state index contributed by atoms with van der Waals surface area (Å²) in [6.45, 7) is 1.43. The number of carbonyl (C=O) groups excluding carboxylic acids is 1. The normalized spacial score (nSPS) is 11.6. The van der Waals surface area contributed by atoms with Gasteiger partial charge < -0.3 is 4.98 Å². The van der Waals surface area contributed by atoms with Crippen LogP contribution in [0.25, 0.3) is 44.3 Å². The number of H-pyrrole nitrogens is 1. The van der Waals surface area contributed by atoms with Gasteiger partial charge in [0.25, 0.3) is 0 Å². The van der Waals surface area contributed by atoms with Crippen LogP contribution in [0, 0.1) is 0 Å². The molecule has 0 saturated heterocycles. The molecule has 0 fully saturated rings. The number of nitrogens with one attached hydrogen (secondary N) is 2. The van der Waals surface area contributed by atoms with Crippen LogP contribution in [0.4, 0.5) is 0 Å². The Balaban J connectivity index is 1.68. The Kier molecular flexibility index (Phi) is 6.49. The van der Waals surface area contributed by atoms with Gasteiger partial charge in [0, 0.05) is 34.5 Å². The predicted octanol–water partition coefficient (Wildman–Crippen LogP) is 4.47. The summed E-state index contributed by atoms with van der Waals surface area (Å²) in [5.41, 5.74) is 3.76. The fraction of sp³-hybridized carbons (Fsp3) is 0.111. The van der Waals surface area contributed by atoms with Gasteiger partial charge in [-0.05, 0) is 36.8 Å². The summed E-state index contributed by atoms with van der Waals surface area (Å²) in [5, 5.41) is 1.65. The number of halogens is 1. The van der Waals surface area contributed by atoms with Crippen LogP contribution in [0.15, 0.2) is 77.7 Å². The van der Waals surface area contributed by atoms with Crippen LogP contribution < -0.4 is 10.2 Å². The van der Waals surface area contributed by atoms with Crippen LogP contribution in [0.2, 0.25) is 5.02 Å². The number of amides is 1. The molecule has 2 aromatic carbocycles. The molecule has 5 rings (SSSR count). The fourth-order valence-corrected chi connectivity index (χ4v) is 4.95. The number of aromatic amines is 1. The second-order valence-corrected chi connectivity index (χ2v) is 10.9. The summed E-state index contributed by atoms with van der Waals surface area (Å²) in [6.07, 6.45) is 1.36. The van der Waals surface area contributed by atoms with Gasteiger partial charge in [-0.2, -0.15) is 0 Å². The summed E-state index contributed by atoms with van der Waals surface area (Å²) in [7, 11) is -3.71. The molecule has 8 nitrogen and oxygen atoms in total. The van der Waals surface area contributed by atoms with Gasteiger partial charge in [-0.3, -0.25) is 19.3 Å². The number of fused-ring (bicyclic) bond motifs is 2. The Hall–Kier alpha value is -4.08. The van der Waals surface area contributed by atoms with Crippen molar-refractivity contribution in [2.75, 3.05) is 5.75 Å². The lowest BCUT2D eigenvalue weighted by molar-refractivity contribution is -0.118. The first-order valence-electron chi connectivity index (χ1n) is 11.4. The molecule has 3 heterocycles. The molecule has 0 spiro atoms. The zero-order chi connectivity index (χ0) is 26.2. The number of benzene rings is 2. The van der Waals surface area contributed by atoms with Crippen LogP contribution >= 0.6 is 11.6 Å². The number of hydrogen-bond donors (Lipinski definition) is 2. The quantitative estimate of drug-likeness (QED) is 0.333. The van der Waals surface area contributed by atoms with Gasteiger partial charge in [0.1, 0.15) is 5.65 Å². The molecule has 3 aromatic heterocycles. The number of nitrogens with zero attached hydrogens (tertiary/aromatic N) is 2. The molecule has 0 aliphatic rings. The zero-order valence-electron chi connectivity index (χ0n) is 19.7. The van der Waals surface area contributed by atoms with E-state index >= 15 is 0 Å². The lowest BCUT2D eigenvalue weighted by Crippen LogP contribution is -2.33. The minimum atomic E-state index is -3.71. The average molecular weight is 533 g/mol. The number of pyridine rings is 3. The molecular formula is C27H21ClN4O4S. The largest absolute Gasteiger partial charge is 0.343 e. The maximum Gasteiger partial charge on any atom is 0.239 e. The average Bonchev–Trinajstić information content (AvgIpc) is 2.88. The van der Waals surface area contributed by atoms with E-state index in [2.05, 4.69) is 9.97 Å². The van der Waals surface area contributed by atoms with Crippen LogP contribution in [0.3, 0.4) is 0 Å². The van der Waals surface area contributed by atoms with Crippen LogP contribution in [0.1, 0.15) is 12.6 Å². The Morgan fingerprint density at radius 2 is 1.81 bits per heavy atom. The standard InChI is InChI=1S/C27H21ClN4O4S/c1-2-37(35,36)32-24(34)14-19-13-23(33)21-15-20(18-11-17-9-6-10-29-26(17)22(28)12-18)25(31-27(21)30-19)16-7-4-3-5-8-16/h3-13,15H,2,14H2,1H3,(H,32,34)(H,30,31,33). The number of aromatic nitrogens is 3. The van der Waals surface area contributed by atoms with E-state index in [9.17, 15) is 18.0 Å². The summed E-state index contributed by atoms with van der Waals surface area (Å²) < 4.78 is 25.4. The molecule has 5 aromatic rings. The SMILES string of the molecule is CCS(=O)(=O)NC(=O)Cc1cc(=O)c2cc(-c3cc(Cl)c4ncccc4c3)c(-c3ccccc3)nc2[nH]1. The molecule has 0 aliphatic heterocycles. The second-order valence-electron chi connectivity index (χ2n) is 8.44. The van der Waals surface area contributed by atoms with Crippen molar-refractivity contribution in [3.05, 3.63) is 93.9 Å². The van der Waals surface area contributed by atoms with Gasteiger partial charge in [-0.15, -0.1) is 0 Å². The van der Waals surface area contributed by atoms with Crippen molar-refractivity contribution >= 4 is 49.5 Å². The third-order valence-corrected chi connectivity index (χ3v) is 7.48. The molecule has 0 aliphatic carbocycles. The van der Waals surface area contributed by atoms with Crippen molar-refractivity contribution in [1.29, 1.82) is 0 Å². The van der Waals surface area contributed by atoms with Gasteiger partial charge in [0.05, 0.1) is 33.8 Å². The molecule has 0 atom stereocenters. The topological polar surface area (TPSA) is 122 Å². The van der Waals surface area contributed by atoms with E-state index in [4.69, 9.17) is 16.6 Å². The molecule has 0 bridgehead atoms. The van der Waals surface area contributed by atoms with E-state index in [1.807, 2.05) is 53.3 Å². The number of sulfonamides is 1. The molecule has 0 radical (unpaired) electrons. The smallest absolute Gasteiger partial charge is 0.239 e. The van der Waals surface area contributed by atoms with E-state index in [1.54, 1.807) is 18.3 Å². The highest BCUT2D eigenvalue weighted by atomic mass is 35.5. The highest BCUT2D eigenvalue weighted by molar-refractivity contribution is 7.90. The number of hydrogen-bond acceptors (Lipinski definition) is 6. The van der Waals surface area contributed by atoms with Crippen molar-refractivity contribution in [2.45, 2.75) is 13.3 Å². The van der Waals surface area contributed by atoms with Gasteiger partial charge in [-0.1, -0.05) is 48.0 Å². The van der Waals surface area contributed by atoms with Gasteiger partial charge in [-0.25, -0.2) is 13.4 Å². The Bertz CT molecular complexity index is 1840. The maximum atomic E-state index is 13.1.